The lowest BCUT2D eigenvalue weighted by Gasteiger charge is -2.30. The molecule has 1 saturated heterocycles. The van der Waals surface area contributed by atoms with Crippen molar-refractivity contribution in [1.82, 2.24) is 5.32 Å². The number of benzene rings is 1. The van der Waals surface area contributed by atoms with Crippen molar-refractivity contribution in [3.8, 4) is 5.75 Å². The predicted molar refractivity (Wildman–Crippen MR) is 72.8 cm³/mol. The van der Waals surface area contributed by atoms with E-state index in [4.69, 9.17) is 4.74 Å². The predicted octanol–water partition coefficient (Wildman–Crippen LogP) is 2.99. The highest BCUT2D eigenvalue weighted by molar-refractivity contribution is 8.00. The molecule has 1 aromatic rings. The Hall–Kier alpha value is -0.670. The number of hydrogen-bond donors (Lipinski definition) is 1. The van der Waals surface area contributed by atoms with Crippen LogP contribution in [0.4, 0.5) is 0 Å². The van der Waals surface area contributed by atoms with Crippen molar-refractivity contribution in [2.45, 2.75) is 37.1 Å². The summed E-state index contributed by atoms with van der Waals surface area (Å²) in [5, 5.41) is 4.56. The van der Waals surface area contributed by atoms with Crippen LogP contribution in [0.2, 0.25) is 0 Å². The van der Waals surface area contributed by atoms with Gasteiger partial charge in [-0.1, -0.05) is 25.1 Å². The smallest absolute Gasteiger partial charge is 0.124 e. The molecule has 0 saturated carbocycles. The Morgan fingerprint density at radius 1 is 1.29 bits per heavy atom. The first-order valence-corrected chi connectivity index (χ1v) is 7.49. The first kappa shape index (κ1) is 11.4. The molecule has 2 nitrogen and oxygen atoms in total. The van der Waals surface area contributed by atoms with Crippen molar-refractivity contribution >= 4 is 11.8 Å². The molecule has 17 heavy (non-hydrogen) atoms. The Morgan fingerprint density at radius 3 is 3.00 bits per heavy atom. The lowest BCUT2D eigenvalue weighted by Crippen LogP contribution is -2.38. The second-order valence-corrected chi connectivity index (χ2v) is 6.35. The Labute approximate surface area is 107 Å². The summed E-state index contributed by atoms with van der Waals surface area (Å²) in [7, 11) is 0. The van der Waals surface area contributed by atoms with Gasteiger partial charge in [-0.25, -0.2) is 0 Å². The number of ether oxygens (including phenoxy) is 1. The molecule has 3 atom stereocenters. The Morgan fingerprint density at radius 2 is 2.18 bits per heavy atom. The van der Waals surface area contributed by atoms with Crippen LogP contribution >= 0.6 is 11.8 Å². The minimum absolute atomic E-state index is 0.478. The number of fused-ring (bicyclic) bond motifs is 1. The van der Waals surface area contributed by atoms with E-state index >= 15 is 0 Å². The van der Waals surface area contributed by atoms with Crippen LogP contribution in [0.25, 0.3) is 0 Å². The Balaban J connectivity index is 1.76. The third-order valence-electron chi connectivity index (χ3n) is 3.75. The van der Waals surface area contributed by atoms with Gasteiger partial charge in [0.05, 0.1) is 6.61 Å². The van der Waals surface area contributed by atoms with Gasteiger partial charge in [0.25, 0.3) is 0 Å². The van der Waals surface area contributed by atoms with Crippen LogP contribution in [0.1, 0.15) is 31.4 Å². The van der Waals surface area contributed by atoms with Crippen molar-refractivity contribution in [2.75, 3.05) is 12.4 Å². The summed E-state index contributed by atoms with van der Waals surface area (Å²) in [5.74, 6) is 2.36. The van der Waals surface area contributed by atoms with Crippen molar-refractivity contribution in [2.24, 2.45) is 0 Å². The molecule has 0 aliphatic carbocycles. The molecule has 2 aliphatic heterocycles. The molecular weight excluding hydrogens is 230 g/mol. The van der Waals surface area contributed by atoms with Gasteiger partial charge >= 0.3 is 0 Å². The van der Waals surface area contributed by atoms with E-state index < -0.39 is 0 Å². The van der Waals surface area contributed by atoms with Gasteiger partial charge in [-0.3, -0.25) is 0 Å². The van der Waals surface area contributed by atoms with E-state index in [1.165, 1.54) is 17.7 Å². The van der Waals surface area contributed by atoms with Crippen molar-refractivity contribution in [1.29, 1.82) is 0 Å². The second-order valence-electron chi connectivity index (χ2n) is 4.87. The molecule has 92 valence electrons. The monoisotopic (exact) mass is 249 g/mol. The maximum atomic E-state index is 5.70. The standard InChI is InChI=1S/C14H19NOS/c1-10-12(7-9-17-10)15-13-6-8-16-14-5-3-2-4-11(13)14/h2-5,10,12-13,15H,6-9H2,1H3. The number of hydrogen-bond acceptors (Lipinski definition) is 3. The third-order valence-corrected chi connectivity index (χ3v) is 5.08. The van der Waals surface area contributed by atoms with Gasteiger partial charge in [0.1, 0.15) is 5.75 Å². The van der Waals surface area contributed by atoms with Crippen LogP contribution in [0.15, 0.2) is 24.3 Å². The normalized spacial score (nSPS) is 31.9. The fourth-order valence-corrected chi connectivity index (χ4v) is 3.93. The molecule has 2 aliphatic rings. The quantitative estimate of drug-likeness (QED) is 0.870. The Kier molecular flexibility index (Phi) is 3.30. The zero-order valence-corrected chi connectivity index (χ0v) is 11.0. The second kappa shape index (κ2) is 4.91. The van der Waals surface area contributed by atoms with Gasteiger partial charge in [0.15, 0.2) is 0 Å². The van der Waals surface area contributed by atoms with E-state index in [1.54, 1.807) is 0 Å². The summed E-state index contributed by atoms with van der Waals surface area (Å²) in [5.41, 5.74) is 1.34. The molecule has 3 heteroatoms. The summed E-state index contributed by atoms with van der Waals surface area (Å²) in [6.07, 6.45) is 2.39. The minimum Gasteiger partial charge on any atom is -0.493 e. The zero-order valence-electron chi connectivity index (χ0n) is 10.2. The summed E-state index contributed by atoms with van der Waals surface area (Å²) in [6, 6.07) is 9.57. The van der Waals surface area contributed by atoms with Crippen LogP contribution in [-0.4, -0.2) is 23.7 Å². The van der Waals surface area contributed by atoms with Gasteiger partial charge in [-0.05, 0) is 18.2 Å². The average Bonchev–Trinajstić information content (AvgIpc) is 2.76. The third kappa shape index (κ3) is 2.31. The maximum absolute atomic E-state index is 5.70. The number of rotatable bonds is 2. The maximum Gasteiger partial charge on any atom is 0.124 e. The van der Waals surface area contributed by atoms with E-state index in [9.17, 15) is 0 Å². The summed E-state index contributed by atoms with van der Waals surface area (Å²) in [6.45, 7) is 3.17. The van der Waals surface area contributed by atoms with E-state index in [1.807, 2.05) is 0 Å². The van der Waals surface area contributed by atoms with Crippen molar-refractivity contribution in [3.05, 3.63) is 29.8 Å². The molecule has 2 heterocycles. The molecule has 0 amide bonds. The largest absolute Gasteiger partial charge is 0.493 e. The number of para-hydroxylation sites is 1. The lowest BCUT2D eigenvalue weighted by atomic mass is 9.99. The molecule has 0 aromatic heterocycles. The molecular formula is C14H19NOS. The SMILES string of the molecule is CC1SCCC1NC1CCOc2ccccc21. The first-order chi connectivity index (χ1) is 8.34. The number of nitrogens with one attached hydrogen (secondary N) is 1. The van der Waals surface area contributed by atoms with Gasteiger partial charge in [-0.15, -0.1) is 0 Å². The summed E-state index contributed by atoms with van der Waals surface area (Å²) in [4.78, 5) is 0. The first-order valence-electron chi connectivity index (χ1n) is 6.44. The van der Waals surface area contributed by atoms with Gasteiger partial charge in [-0.2, -0.15) is 11.8 Å². The van der Waals surface area contributed by atoms with Crippen LogP contribution in [-0.2, 0) is 0 Å². The highest BCUT2D eigenvalue weighted by atomic mass is 32.2. The summed E-state index contributed by atoms with van der Waals surface area (Å²) < 4.78 is 5.70. The molecule has 3 unspecified atom stereocenters. The van der Waals surface area contributed by atoms with E-state index in [0.29, 0.717) is 12.1 Å². The van der Waals surface area contributed by atoms with Crippen molar-refractivity contribution < 1.29 is 4.74 Å². The highest BCUT2D eigenvalue weighted by Gasteiger charge is 2.29. The molecule has 1 fully saturated rings. The topological polar surface area (TPSA) is 21.3 Å². The van der Waals surface area contributed by atoms with E-state index in [2.05, 4.69) is 48.3 Å². The van der Waals surface area contributed by atoms with Gasteiger partial charge < -0.3 is 10.1 Å². The lowest BCUT2D eigenvalue weighted by molar-refractivity contribution is 0.243. The average molecular weight is 249 g/mol. The van der Waals surface area contributed by atoms with E-state index in [0.717, 1.165) is 24.0 Å². The fraction of sp³-hybridized carbons (Fsp3) is 0.571. The van der Waals surface area contributed by atoms with Crippen LogP contribution in [0.5, 0.6) is 5.75 Å². The Bertz CT molecular complexity index is 396. The van der Waals surface area contributed by atoms with E-state index in [-0.39, 0.29) is 0 Å². The van der Waals surface area contributed by atoms with Gasteiger partial charge in [0, 0.05) is 29.3 Å². The highest BCUT2D eigenvalue weighted by Crippen LogP contribution is 2.34. The summed E-state index contributed by atoms with van der Waals surface area (Å²) >= 11 is 2.08. The molecule has 1 aromatic carbocycles. The number of thioether (sulfide) groups is 1. The minimum atomic E-state index is 0.478. The van der Waals surface area contributed by atoms with Crippen molar-refractivity contribution in [3.63, 3.8) is 0 Å². The fourth-order valence-electron chi connectivity index (χ4n) is 2.72. The van der Waals surface area contributed by atoms with Crippen LogP contribution in [0, 0.1) is 0 Å². The molecule has 0 radical (unpaired) electrons. The molecule has 0 bridgehead atoms. The van der Waals surface area contributed by atoms with Crippen LogP contribution < -0.4 is 10.1 Å². The zero-order chi connectivity index (χ0) is 11.7. The van der Waals surface area contributed by atoms with Crippen LogP contribution in [0.3, 0.4) is 0 Å². The molecule has 1 N–H and O–H groups in total. The molecule has 3 rings (SSSR count). The van der Waals surface area contributed by atoms with Gasteiger partial charge in [0.2, 0.25) is 0 Å². The molecule has 0 spiro atoms.